The second-order valence-electron chi connectivity index (χ2n) is 3.54. The van der Waals surface area contributed by atoms with E-state index < -0.39 is 0 Å². The fourth-order valence-electron chi connectivity index (χ4n) is 1.40. The second kappa shape index (κ2) is 6.32. The van der Waals surface area contributed by atoms with E-state index in [4.69, 9.17) is 0 Å². The Morgan fingerprint density at radius 1 is 1.46 bits per heavy atom. The first-order valence-corrected chi connectivity index (χ1v) is 5.14. The van der Waals surface area contributed by atoms with Gasteiger partial charge in [-0.2, -0.15) is 0 Å². The number of rotatable bonds is 5. The molecule has 0 aromatic heterocycles. The fraction of sp³-hybridized carbons (Fsp3) is 1.00. The molecule has 13 heavy (non-hydrogen) atoms. The van der Waals surface area contributed by atoms with Gasteiger partial charge in [0.25, 0.3) is 0 Å². The maximum absolute atomic E-state index is 9.29. The predicted molar refractivity (Wildman–Crippen MR) is 53.6 cm³/mol. The van der Waals surface area contributed by atoms with E-state index in [1.54, 1.807) is 0 Å². The smallest absolute Gasteiger partial charge is 0.0662 e. The molecule has 1 fully saturated rings. The standard InChI is InChI=1S/C9H21N3O/c1-2-9(13)7-11-8-12-5-3-10-4-6-12/h9-11,13H,2-8H2,1H3. The van der Waals surface area contributed by atoms with E-state index in [1.165, 1.54) is 0 Å². The first-order valence-electron chi connectivity index (χ1n) is 5.14. The normalized spacial score (nSPS) is 21.7. The molecule has 0 aromatic rings. The van der Waals surface area contributed by atoms with Crippen molar-refractivity contribution in [2.75, 3.05) is 39.4 Å². The summed E-state index contributed by atoms with van der Waals surface area (Å²) in [5, 5.41) is 15.9. The average molecular weight is 187 g/mol. The molecular weight excluding hydrogens is 166 g/mol. The predicted octanol–water partition coefficient (Wildman–Crippen LogP) is -0.790. The third kappa shape index (κ3) is 4.57. The fourth-order valence-corrected chi connectivity index (χ4v) is 1.40. The van der Waals surface area contributed by atoms with Crippen LogP contribution in [0.1, 0.15) is 13.3 Å². The van der Waals surface area contributed by atoms with Gasteiger partial charge in [-0.15, -0.1) is 0 Å². The summed E-state index contributed by atoms with van der Waals surface area (Å²) in [6.45, 7) is 7.98. The lowest BCUT2D eigenvalue weighted by Gasteiger charge is -2.27. The van der Waals surface area contributed by atoms with E-state index in [0.717, 1.165) is 39.3 Å². The van der Waals surface area contributed by atoms with Crippen LogP contribution in [0.3, 0.4) is 0 Å². The zero-order valence-corrected chi connectivity index (χ0v) is 8.42. The molecule has 1 atom stereocenters. The van der Waals surface area contributed by atoms with E-state index in [-0.39, 0.29) is 6.10 Å². The van der Waals surface area contributed by atoms with Crippen LogP contribution < -0.4 is 10.6 Å². The lowest BCUT2D eigenvalue weighted by Crippen LogP contribution is -2.48. The number of nitrogens with one attached hydrogen (secondary N) is 2. The summed E-state index contributed by atoms with van der Waals surface area (Å²) in [5.41, 5.74) is 0. The lowest BCUT2D eigenvalue weighted by molar-refractivity contribution is 0.151. The lowest BCUT2D eigenvalue weighted by atomic mass is 10.3. The molecular formula is C9H21N3O. The molecule has 0 radical (unpaired) electrons. The summed E-state index contributed by atoms with van der Waals surface area (Å²) < 4.78 is 0. The Kier molecular flexibility index (Phi) is 5.31. The maximum atomic E-state index is 9.29. The molecule has 1 aliphatic rings. The Morgan fingerprint density at radius 2 is 2.15 bits per heavy atom. The van der Waals surface area contributed by atoms with Gasteiger partial charge in [-0.3, -0.25) is 4.90 Å². The minimum atomic E-state index is -0.192. The third-order valence-electron chi connectivity index (χ3n) is 2.40. The summed E-state index contributed by atoms with van der Waals surface area (Å²) in [6.07, 6.45) is 0.636. The van der Waals surface area contributed by atoms with E-state index in [2.05, 4.69) is 15.5 Å². The van der Waals surface area contributed by atoms with Crippen LogP contribution in [-0.4, -0.2) is 55.5 Å². The van der Waals surface area contributed by atoms with E-state index >= 15 is 0 Å². The average Bonchev–Trinajstić information content (AvgIpc) is 2.19. The Morgan fingerprint density at radius 3 is 2.77 bits per heavy atom. The van der Waals surface area contributed by atoms with Crippen molar-refractivity contribution in [1.82, 2.24) is 15.5 Å². The van der Waals surface area contributed by atoms with Gasteiger partial charge in [-0.05, 0) is 6.42 Å². The number of nitrogens with zero attached hydrogens (tertiary/aromatic N) is 1. The van der Waals surface area contributed by atoms with Crippen LogP contribution in [0, 0.1) is 0 Å². The summed E-state index contributed by atoms with van der Waals surface area (Å²) in [6, 6.07) is 0. The first-order chi connectivity index (χ1) is 6.33. The molecule has 3 N–H and O–H groups in total. The molecule has 1 heterocycles. The van der Waals surface area contributed by atoms with Crippen molar-refractivity contribution in [1.29, 1.82) is 0 Å². The van der Waals surface area contributed by atoms with Crippen LogP contribution in [-0.2, 0) is 0 Å². The first kappa shape index (κ1) is 10.9. The van der Waals surface area contributed by atoms with Gasteiger partial charge in [-0.25, -0.2) is 0 Å². The van der Waals surface area contributed by atoms with Crippen molar-refractivity contribution >= 4 is 0 Å². The van der Waals surface area contributed by atoms with Gasteiger partial charge >= 0.3 is 0 Å². The Labute approximate surface area is 80.3 Å². The van der Waals surface area contributed by atoms with Gasteiger partial charge in [0.05, 0.1) is 6.10 Å². The zero-order valence-electron chi connectivity index (χ0n) is 8.42. The number of aliphatic hydroxyl groups excluding tert-OH is 1. The summed E-state index contributed by atoms with van der Waals surface area (Å²) in [4.78, 5) is 2.36. The topological polar surface area (TPSA) is 47.5 Å². The molecule has 0 bridgehead atoms. The van der Waals surface area contributed by atoms with Gasteiger partial charge in [0.2, 0.25) is 0 Å². The highest BCUT2D eigenvalue weighted by atomic mass is 16.3. The van der Waals surface area contributed by atoms with Crippen molar-refractivity contribution in [2.24, 2.45) is 0 Å². The molecule has 0 aliphatic carbocycles. The Bertz CT molecular complexity index is 126. The number of hydrogen-bond acceptors (Lipinski definition) is 4. The van der Waals surface area contributed by atoms with Gasteiger partial charge < -0.3 is 15.7 Å². The molecule has 1 aliphatic heterocycles. The molecule has 1 saturated heterocycles. The van der Waals surface area contributed by atoms with Crippen molar-refractivity contribution in [2.45, 2.75) is 19.4 Å². The highest BCUT2D eigenvalue weighted by Gasteiger charge is 2.08. The van der Waals surface area contributed by atoms with Crippen LogP contribution in [0.5, 0.6) is 0 Å². The van der Waals surface area contributed by atoms with Crippen LogP contribution >= 0.6 is 0 Å². The number of aliphatic hydroxyl groups is 1. The molecule has 4 heteroatoms. The third-order valence-corrected chi connectivity index (χ3v) is 2.40. The van der Waals surface area contributed by atoms with E-state index in [0.29, 0.717) is 6.54 Å². The molecule has 78 valence electrons. The largest absolute Gasteiger partial charge is 0.392 e. The maximum Gasteiger partial charge on any atom is 0.0662 e. The molecule has 0 spiro atoms. The van der Waals surface area contributed by atoms with Crippen molar-refractivity contribution in [3.8, 4) is 0 Å². The molecule has 1 unspecified atom stereocenters. The van der Waals surface area contributed by atoms with Gasteiger partial charge in [0.15, 0.2) is 0 Å². The SMILES string of the molecule is CCC(O)CNCN1CCNCC1. The monoisotopic (exact) mass is 187 g/mol. The molecule has 4 nitrogen and oxygen atoms in total. The van der Waals surface area contributed by atoms with Crippen LogP contribution in [0.25, 0.3) is 0 Å². The minimum Gasteiger partial charge on any atom is -0.392 e. The van der Waals surface area contributed by atoms with Crippen molar-refractivity contribution in [3.63, 3.8) is 0 Å². The molecule has 0 saturated carbocycles. The Hall–Kier alpha value is -0.160. The minimum absolute atomic E-state index is 0.192. The van der Waals surface area contributed by atoms with E-state index in [9.17, 15) is 5.11 Å². The number of hydrogen-bond donors (Lipinski definition) is 3. The quantitative estimate of drug-likeness (QED) is 0.528. The van der Waals surface area contributed by atoms with Crippen molar-refractivity contribution < 1.29 is 5.11 Å². The highest BCUT2D eigenvalue weighted by Crippen LogP contribution is 1.90. The summed E-state index contributed by atoms with van der Waals surface area (Å²) >= 11 is 0. The zero-order chi connectivity index (χ0) is 9.52. The molecule has 1 rings (SSSR count). The van der Waals surface area contributed by atoms with Crippen LogP contribution in [0.15, 0.2) is 0 Å². The molecule has 0 aromatic carbocycles. The van der Waals surface area contributed by atoms with Gasteiger partial charge in [-0.1, -0.05) is 6.92 Å². The highest BCUT2D eigenvalue weighted by molar-refractivity contribution is 4.67. The van der Waals surface area contributed by atoms with Gasteiger partial charge in [0.1, 0.15) is 0 Å². The summed E-state index contributed by atoms with van der Waals surface area (Å²) in [7, 11) is 0. The van der Waals surface area contributed by atoms with Gasteiger partial charge in [0, 0.05) is 39.4 Å². The van der Waals surface area contributed by atoms with Crippen LogP contribution in [0.4, 0.5) is 0 Å². The number of piperazine rings is 1. The van der Waals surface area contributed by atoms with Crippen LogP contribution in [0.2, 0.25) is 0 Å². The van der Waals surface area contributed by atoms with Crippen molar-refractivity contribution in [3.05, 3.63) is 0 Å². The van der Waals surface area contributed by atoms with E-state index in [1.807, 2.05) is 6.92 Å². The second-order valence-corrected chi connectivity index (χ2v) is 3.54. The Balaban J connectivity index is 1.98. The molecule has 0 amide bonds. The summed E-state index contributed by atoms with van der Waals surface area (Å²) in [5.74, 6) is 0.